The van der Waals surface area contributed by atoms with Gasteiger partial charge < -0.3 is 10.2 Å². The van der Waals surface area contributed by atoms with Crippen molar-refractivity contribution < 1.29 is 4.79 Å². The van der Waals surface area contributed by atoms with Crippen LogP contribution in [-0.4, -0.2) is 36.5 Å². The molecule has 15 heavy (non-hydrogen) atoms. The quantitative estimate of drug-likeness (QED) is 0.768. The minimum atomic E-state index is 0.297. The molecule has 1 saturated heterocycles. The summed E-state index contributed by atoms with van der Waals surface area (Å²) in [5.74, 6) is 0.980. The molecule has 1 heterocycles. The van der Waals surface area contributed by atoms with Crippen molar-refractivity contribution in [3.8, 4) is 0 Å². The molecule has 88 valence electrons. The second-order valence-corrected chi connectivity index (χ2v) is 4.83. The summed E-state index contributed by atoms with van der Waals surface area (Å²) in [6.45, 7) is 9.27. The fraction of sp³-hybridized carbons (Fsp3) is 0.917. The third-order valence-electron chi connectivity index (χ3n) is 2.89. The highest BCUT2D eigenvalue weighted by molar-refractivity contribution is 5.75. The zero-order valence-corrected chi connectivity index (χ0v) is 10.3. The highest BCUT2D eigenvalue weighted by atomic mass is 16.2. The van der Waals surface area contributed by atoms with Crippen molar-refractivity contribution in [3.05, 3.63) is 0 Å². The van der Waals surface area contributed by atoms with E-state index in [1.54, 1.807) is 0 Å². The Morgan fingerprint density at radius 1 is 1.53 bits per heavy atom. The second kappa shape index (κ2) is 6.11. The number of hydrogen-bond donors (Lipinski definition) is 1. The van der Waals surface area contributed by atoms with Crippen molar-refractivity contribution >= 4 is 5.91 Å². The Morgan fingerprint density at radius 2 is 2.27 bits per heavy atom. The number of likely N-dealkylation sites (tertiary alicyclic amines) is 1. The van der Waals surface area contributed by atoms with E-state index >= 15 is 0 Å². The van der Waals surface area contributed by atoms with Crippen LogP contribution in [0.5, 0.6) is 0 Å². The molecule has 1 aliphatic heterocycles. The summed E-state index contributed by atoms with van der Waals surface area (Å²) < 4.78 is 0. The zero-order chi connectivity index (χ0) is 11.3. The molecule has 1 aliphatic rings. The molecular weight excluding hydrogens is 188 g/mol. The molecule has 0 aromatic rings. The topological polar surface area (TPSA) is 32.3 Å². The number of nitrogens with zero attached hydrogens (tertiary/aromatic N) is 1. The Hall–Kier alpha value is -0.570. The van der Waals surface area contributed by atoms with Gasteiger partial charge in [0.15, 0.2) is 0 Å². The predicted octanol–water partition coefficient (Wildman–Crippen LogP) is 1.63. The van der Waals surface area contributed by atoms with Crippen LogP contribution in [0.15, 0.2) is 0 Å². The lowest BCUT2D eigenvalue weighted by molar-refractivity contribution is -0.132. The van der Waals surface area contributed by atoms with E-state index in [0.29, 0.717) is 24.3 Å². The van der Waals surface area contributed by atoms with Gasteiger partial charge in [-0.25, -0.2) is 0 Å². The maximum atomic E-state index is 11.5. The predicted molar refractivity (Wildman–Crippen MR) is 62.7 cm³/mol. The molecule has 0 bridgehead atoms. The van der Waals surface area contributed by atoms with Crippen LogP contribution in [0.2, 0.25) is 0 Å². The lowest BCUT2D eigenvalue weighted by Gasteiger charge is -2.33. The minimum Gasteiger partial charge on any atom is -0.341 e. The molecule has 1 amide bonds. The summed E-state index contributed by atoms with van der Waals surface area (Å²) in [5, 5.41) is 3.54. The normalized spacial score (nSPS) is 22.1. The Balaban J connectivity index is 2.32. The highest BCUT2D eigenvalue weighted by Gasteiger charge is 2.21. The molecule has 0 aromatic heterocycles. The molecule has 0 aliphatic carbocycles. The van der Waals surface area contributed by atoms with E-state index in [0.717, 1.165) is 26.1 Å². The third-order valence-corrected chi connectivity index (χ3v) is 2.89. The number of hydrogen-bond acceptors (Lipinski definition) is 2. The molecule has 3 heteroatoms. The monoisotopic (exact) mass is 212 g/mol. The van der Waals surface area contributed by atoms with Crippen LogP contribution >= 0.6 is 0 Å². The van der Waals surface area contributed by atoms with Crippen LogP contribution in [0.3, 0.4) is 0 Å². The number of amides is 1. The van der Waals surface area contributed by atoms with Gasteiger partial charge >= 0.3 is 0 Å². The third kappa shape index (κ3) is 4.20. The standard InChI is InChI=1S/C12H24N2O/c1-4-12(15)14-7-5-6-11(9-14)13-8-10(2)3/h10-11,13H,4-9H2,1-3H3. The number of piperidine rings is 1. The Kier molecular flexibility index (Phi) is 5.09. The van der Waals surface area contributed by atoms with Gasteiger partial charge in [-0.05, 0) is 25.3 Å². The van der Waals surface area contributed by atoms with Crippen molar-refractivity contribution in [1.82, 2.24) is 10.2 Å². The summed E-state index contributed by atoms with van der Waals surface area (Å²) in [5.41, 5.74) is 0. The van der Waals surface area contributed by atoms with E-state index in [1.165, 1.54) is 6.42 Å². The first-order valence-corrected chi connectivity index (χ1v) is 6.14. The van der Waals surface area contributed by atoms with E-state index in [2.05, 4.69) is 19.2 Å². The van der Waals surface area contributed by atoms with Crippen molar-refractivity contribution in [1.29, 1.82) is 0 Å². The average molecular weight is 212 g/mol. The fourth-order valence-corrected chi connectivity index (χ4v) is 2.00. The molecule has 0 saturated carbocycles. The van der Waals surface area contributed by atoms with Gasteiger partial charge in [-0.1, -0.05) is 20.8 Å². The molecule has 1 atom stereocenters. The molecule has 1 rings (SSSR count). The van der Waals surface area contributed by atoms with Gasteiger partial charge in [0.05, 0.1) is 0 Å². The lowest BCUT2D eigenvalue weighted by atomic mass is 10.0. The van der Waals surface area contributed by atoms with E-state index in [9.17, 15) is 4.79 Å². The van der Waals surface area contributed by atoms with Crippen LogP contribution in [-0.2, 0) is 4.79 Å². The van der Waals surface area contributed by atoms with Crippen molar-refractivity contribution in [2.24, 2.45) is 5.92 Å². The molecule has 3 nitrogen and oxygen atoms in total. The SMILES string of the molecule is CCC(=O)N1CCCC(NCC(C)C)C1. The van der Waals surface area contributed by atoms with E-state index in [4.69, 9.17) is 0 Å². The van der Waals surface area contributed by atoms with Gasteiger partial charge in [-0.2, -0.15) is 0 Å². The molecule has 0 aromatic carbocycles. The van der Waals surface area contributed by atoms with Gasteiger partial charge in [0, 0.05) is 25.6 Å². The van der Waals surface area contributed by atoms with Crippen molar-refractivity contribution in [2.45, 2.75) is 46.1 Å². The number of carbonyl (C=O) groups excluding carboxylic acids is 1. The number of nitrogens with one attached hydrogen (secondary N) is 1. The van der Waals surface area contributed by atoms with E-state index < -0.39 is 0 Å². The maximum Gasteiger partial charge on any atom is 0.222 e. The Morgan fingerprint density at radius 3 is 2.87 bits per heavy atom. The molecular formula is C12H24N2O. The summed E-state index contributed by atoms with van der Waals surface area (Å²) in [6, 6.07) is 0.511. The van der Waals surface area contributed by atoms with Gasteiger partial charge in [-0.3, -0.25) is 4.79 Å². The molecule has 0 spiro atoms. The van der Waals surface area contributed by atoms with Gasteiger partial charge in [0.2, 0.25) is 5.91 Å². The second-order valence-electron chi connectivity index (χ2n) is 4.83. The summed E-state index contributed by atoms with van der Waals surface area (Å²) in [7, 11) is 0. The highest BCUT2D eigenvalue weighted by Crippen LogP contribution is 2.11. The van der Waals surface area contributed by atoms with Gasteiger partial charge in [0.1, 0.15) is 0 Å². The van der Waals surface area contributed by atoms with E-state index in [-0.39, 0.29) is 0 Å². The summed E-state index contributed by atoms with van der Waals surface area (Å²) in [6.07, 6.45) is 2.98. The van der Waals surface area contributed by atoms with Crippen LogP contribution in [0.4, 0.5) is 0 Å². The fourth-order valence-electron chi connectivity index (χ4n) is 2.00. The summed E-state index contributed by atoms with van der Waals surface area (Å²) >= 11 is 0. The zero-order valence-electron chi connectivity index (χ0n) is 10.3. The first-order valence-electron chi connectivity index (χ1n) is 6.14. The Bertz CT molecular complexity index is 204. The summed E-state index contributed by atoms with van der Waals surface area (Å²) in [4.78, 5) is 13.6. The van der Waals surface area contributed by atoms with Gasteiger partial charge in [-0.15, -0.1) is 0 Å². The first-order chi connectivity index (χ1) is 7.13. The number of rotatable bonds is 4. The largest absolute Gasteiger partial charge is 0.341 e. The Labute approximate surface area is 93.2 Å². The molecule has 1 fully saturated rings. The van der Waals surface area contributed by atoms with Crippen molar-refractivity contribution in [2.75, 3.05) is 19.6 Å². The molecule has 1 unspecified atom stereocenters. The minimum absolute atomic E-state index is 0.297. The van der Waals surface area contributed by atoms with Crippen molar-refractivity contribution in [3.63, 3.8) is 0 Å². The van der Waals surface area contributed by atoms with Crippen LogP contribution in [0.25, 0.3) is 0 Å². The van der Waals surface area contributed by atoms with Gasteiger partial charge in [0.25, 0.3) is 0 Å². The maximum absolute atomic E-state index is 11.5. The number of carbonyl (C=O) groups is 1. The van der Waals surface area contributed by atoms with E-state index in [1.807, 2.05) is 11.8 Å². The van der Waals surface area contributed by atoms with Crippen LogP contribution < -0.4 is 5.32 Å². The first kappa shape index (κ1) is 12.5. The van der Waals surface area contributed by atoms with Crippen LogP contribution in [0, 0.1) is 5.92 Å². The average Bonchev–Trinajstić information content (AvgIpc) is 2.25. The molecule has 0 radical (unpaired) electrons. The van der Waals surface area contributed by atoms with Crippen LogP contribution in [0.1, 0.15) is 40.0 Å². The smallest absolute Gasteiger partial charge is 0.222 e. The molecule has 1 N–H and O–H groups in total. The lowest BCUT2D eigenvalue weighted by Crippen LogP contribution is -2.48.